The Morgan fingerprint density at radius 2 is 2.05 bits per heavy atom. The van der Waals surface area contributed by atoms with Gasteiger partial charge in [-0.25, -0.2) is 9.97 Å². The minimum atomic E-state index is -0.846. The average Bonchev–Trinajstić information content (AvgIpc) is 2.89. The van der Waals surface area contributed by atoms with Gasteiger partial charge in [0, 0.05) is 10.9 Å². The molecule has 6 heteroatoms. The first-order chi connectivity index (χ1) is 10.1. The lowest BCUT2D eigenvalue weighted by molar-refractivity contribution is -0.133. The summed E-state index contributed by atoms with van der Waals surface area (Å²) in [5.74, 6) is -0.187. The van der Waals surface area contributed by atoms with Crippen molar-refractivity contribution >= 4 is 39.3 Å². The first-order valence-corrected chi connectivity index (χ1v) is 8.17. The maximum Gasteiger partial charge on any atom is 0.313 e. The molecule has 0 saturated heterocycles. The molecule has 0 atom stereocenters. The smallest absolute Gasteiger partial charge is 0.313 e. The number of fused-ring (bicyclic) bond motifs is 1. The van der Waals surface area contributed by atoms with Crippen molar-refractivity contribution in [1.29, 1.82) is 0 Å². The largest absolute Gasteiger partial charge is 0.481 e. The summed E-state index contributed by atoms with van der Waals surface area (Å²) >= 11 is 2.80. The highest BCUT2D eigenvalue weighted by Crippen LogP contribution is 2.38. The molecule has 1 N–H and O–H groups in total. The van der Waals surface area contributed by atoms with Crippen LogP contribution >= 0.6 is 23.1 Å². The molecule has 2 heterocycles. The Kier molecular flexibility index (Phi) is 3.90. The number of rotatable bonds is 4. The fraction of sp³-hybridized carbons (Fsp3) is 0.133. The van der Waals surface area contributed by atoms with Crippen LogP contribution in [0.3, 0.4) is 0 Å². The zero-order valence-electron chi connectivity index (χ0n) is 11.2. The molecule has 0 aliphatic heterocycles. The first kappa shape index (κ1) is 14.0. The van der Waals surface area contributed by atoms with Crippen molar-refractivity contribution in [2.75, 3.05) is 5.75 Å². The minimum absolute atomic E-state index is 0.00434. The highest BCUT2D eigenvalue weighted by atomic mass is 32.2. The van der Waals surface area contributed by atoms with Crippen LogP contribution < -0.4 is 0 Å². The molecule has 3 rings (SSSR count). The summed E-state index contributed by atoms with van der Waals surface area (Å²) in [6.07, 6.45) is 0. The maximum absolute atomic E-state index is 10.8. The lowest BCUT2D eigenvalue weighted by Gasteiger charge is -2.05. The van der Waals surface area contributed by atoms with E-state index >= 15 is 0 Å². The molecule has 106 valence electrons. The molecule has 4 nitrogen and oxygen atoms in total. The van der Waals surface area contributed by atoms with Gasteiger partial charge in [0.15, 0.2) is 0 Å². The second-order valence-electron chi connectivity index (χ2n) is 4.45. The van der Waals surface area contributed by atoms with E-state index in [4.69, 9.17) is 5.11 Å². The number of hydrogen-bond acceptors (Lipinski definition) is 5. The summed E-state index contributed by atoms with van der Waals surface area (Å²) in [6.45, 7) is 1.83. The van der Waals surface area contributed by atoms with E-state index in [9.17, 15) is 4.79 Å². The van der Waals surface area contributed by atoms with Crippen LogP contribution in [-0.2, 0) is 4.79 Å². The van der Waals surface area contributed by atoms with Crippen molar-refractivity contribution in [2.45, 2.75) is 11.9 Å². The Bertz CT molecular complexity index is 800. The number of aryl methyl sites for hydroxylation is 1. The number of hydrogen-bond donors (Lipinski definition) is 1. The fourth-order valence-corrected chi connectivity index (χ4v) is 3.94. The first-order valence-electron chi connectivity index (χ1n) is 6.31. The third-order valence-electron chi connectivity index (χ3n) is 2.93. The number of thiophene rings is 1. The lowest BCUT2D eigenvalue weighted by Crippen LogP contribution is -1.99. The number of nitrogens with zero attached hydrogens (tertiary/aromatic N) is 2. The van der Waals surface area contributed by atoms with Crippen molar-refractivity contribution in [3.05, 3.63) is 41.5 Å². The van der Waals surface area contributed by atoms with Crippen molar-refractivity contribution in [1.82, 2.24) is 9.97 Å². The highest BCUT2D eigenvalue weighted by molar-refractivity contribution is 8.00. The Morgan fingerprint density at radius 1 is 1.29 bits per heavy atom. The molecule has 0 fully saturated rings. The van der Waals surface area contributed by atoms with Crippen molar-refractivity contribution in [3.63, 3.8) is 0 Å². The Morgan fingerprint density at radius 3 is 2.76 bits per heavy atom. The average molecular weight is 316 g/mol. The summed E-state index contributed by atoms with van der Waals surface area (Å²) in [7, 11) is 0. The van der Waals surface area contributed by atoms with Crippen LogP contribution in [0.2, 0.25) is 0 Å². The van der Waals surface area contributed by atoms with Crippen LogP contribution in [0.25, 0.3) is 21.3 Å². The van der Waals surface area contributed by atoms with Gasteiger partial charge in [-0.05, 0) is 12.5 Å². The number of aromatic nitrogens is 2. The third-order valence-corrected chi connectivity index (χ3v) is 4.76. The molecule has 0 amide bonds. The topological polar surface area (TPSA) is 63.1 Å². The van der Waals surface area contributed by atoms with Crippen LogP contribution in [0.1, 0.15) is 5.82 Å². The number of carboxylic acids is 1. The fourth-order valence-electron chi connectivity index (χ4n) is 2.08. The summed E-state index contributed by atoms with van der Waals surface area (Å²) in [5.41, 5.74) is 2.15. The zero-order chi connectivity index (χ0) is 14.8. The van der Waals surface area contributed by atoms with Gasteiger partial charge < -0.3 is 5.11 Å². The summed E-state index contributed by atoms with van der Waals surface area (Å²) in [6, 6.07) is 10.0. The number of benzene rings is 1. The van der Waals surface area contributed by atoms with Gasteiger partial charge >= 0.3 is 5.97 Å². The van der Waals surface area contributed by atoms with Crippen LogP contribution in [-0.4, -0.2) is 26.8 Å². The molecule has 3 aromatic rings. The monoisotopic (exact) mass is 316 g/mol. The standard InChI is InChI=1S/C15H12N2O2S2/c1-9-16-14-13(15(17-9)21-8-12(18)19)11(7-20-14)10-5-3-2-4-6-10/h2-7H,8H2,1H3,(H,18,19). The van der Waals surface area contributed by atoms with Crippen molar-refractivity contribution in [2.24, 2.45) is 0 Å². The third kappa shape index (κ3) is 2.91. The summed E-state index contributed by atoms with van der Waals surface area (Å²) in [4.78, 5) is 20.6. The number of aliphatic carboxylic acids is 1. The molecule has 2 aromatic heterocycles. The second-order valence-corrected chi connectivity index (χ2v) is 6.28. The van der Waals surface area contributed by atoms with E-state index in [1.54, 1.807) is 11.3 Å². The highest BCUT2D eigenvalue weighted by Gasteiger charge is 2.15. The van der Waals surface area contributed by atoms with E-state index in [1.165, 1.54) is 11.8 Å². The number of carboxylic acid groups (broad SMARTS) is 1. The minimum Gasteiger partial charge on any atom is -0.481 e. The molecular weight excluding hydrogens is 304 g/mol. The van der Waals surface area contributed by atoms with Crippen molar-refractivity contribution in [3.8, 4) is 11.1 Å². The number of thioether (sulfide) groups is 1. The van der Waals surface area contributed by atoms with E-state index in [2.05, 4.69) is 15.3 Å². The normalized spacial score (nSPS) is 10.9. The predicted octanol–water partition coefficient (Wildman–Crippen LogP) is 3.84. The van der Waals surface area contributed by atoms with Gasteiger partial charge in [0.1, 0.15) is 15.7 Å². The van der Waals surface area contributed by atoms with Gasteiger partial charge in [-0.2, -0.15) is 0 Å². The Hall–Kier alpha value is -1.92. The Labute approximate surface area is 129 Å². The molecule has 21 heavy (non-hydrogen) atoms. The van der Waals surface area contributed by atoms with Gasteiger partial charge in [-0.15, -0.1) is 11.3 Å². The van der Waals surface area contributed by atoms with E-state index in [0.29, 0.717) is 5.82 Å². The molecular formula is C15H12N2O2S2. The molecule has 0 aliphatic carbocycles. The van der Waals surface area contributed by atoms with E-state index in [-0.39, 0.29) is 5.75 Å². The molecule has 0 aliphatic rings. The predicted molar refractivity (Wildman–Crippen MR) is 85.9 cm³/mol. The molecule has 0 radical (unpaired) electrons. The van der Waals surface area contributed by atoms with Crippen LogP contribution in [0.5, 0.6) is 0 Å². The van der Waals surface area contributed by atoms with E-state index < -0.39 is 5.97 Å². The van der Waals surface area contributed by atoms with Crippen LogP contribution in [0.4, 0.5) is 0 Å². The molecule has 0 saturated carbocycles. The zero-order valence-corrected chi connectivity index (χ0v) is 12.9. The number of carbonyl (C=O) groups is 1. The molecule has 0 bridgehead atoms. The molecule has 0 unspecified atom stereocenters. The second kappa shape index (κ2) is 5.83. The van der Waals surface area contributed by atoms with Crippen molar-refractivity contribution < 1.29 is 9.90 Å². The summed E-state index contributed by atoms with van der Waals surface area (Å²) in [5, 5.41) is 12.6. The van der Waals surface area contributed by atoms with Crippen LogP contribution in [0.15, 0.2) is 40.7 Å². The Balaban J connectivity index is 2.16. The van der Waals surface area contributed by atoms with Gasteiger partial charge in [-0.3, -0.25) is 4.79 Å². The molecule has 1 aromatic carbocycles. The summed E-state index contributed by atoms with van der Waals surface area (Å²) < 4.78 is 0. The van der Waals surface area contributed by atoms with E-state index in [0.717, 1.165) is 26.4 Å². The van der Waals surface area contributed by atoms with Gasteiger partial charge in [-0.1, -0.05) is 42.1 Å². The lowest BCUT2D eigenvalue weighted by atomic mass is 10.1. The van der Waals surface area contributed by atoms with E-state index in [1.807, 2.05) is 37.3 Å². The quantitative estimate of drug-likeness (QED) is 0.585. The maximum atomic E-state index is 10.8. The van der Waals surface area contributed by atoms with Gasteiger partial charge in [0.25, 0.3) is 0 Å². The van der Waals surface area contributed by atoms with Gasteiger partial charge in [0.05, 0.1) is 11.1 Å². The molecule has 0 spiro atoms. The SMILES string of the molecule is Cc1nc(SCC(=O)O)c2c(-c3ccccc3)csc2n1. The van der Waals surface area contributed by atoms with Crippen LogP contribution in [0, 0.1) is 6.92 Å². The van der Waals surface area contributed by atoms with Gasteiger partial charge in [0.2, 0.25) is 0 Å².